The molecule has 3 heterocycles. The van der Waals surface area contributed by atoms with Crippen LogP contribution in [-0.2, 0) is 4.79 Å². The van der Waals surface area contributed by atoms with E-state index in [9.17, 15) is 9.59 Å². The third-order valence-corrected chi connectivity index (χ3v) is 4.50. The molecule has 2 aromatic rings. The van der Waals surface area contributed by atoms with Gasteiger partial charge in [-0.05, 0) is 31.4 Å². The molecular weight excluding hydrogens is 328 g/mol. The standard InChI is InChI=1S/C17H21ClN4O2/c1-2-6-14(23)19-12-7-5-9-21(11-12)17(24)15-16(18)20-13-8-3-4-10-22(13)15/h3-4,8,10,12H,2,5-7,9,11H2,1H3,(H,19,23)/t12-/m1/s1. The molecule has 1 atom stereocenters. The Bertz CT molecular complexity index is 758. The summed E-state index contributed by atoms with van der Waals surface area (Å²) < 4.78 is 1.71. The molecule has 7 heteroatoms. The normalized spacial score (nSPS) is 17.9. The summed E-state index contributed by atoms with van der Waals surface area (Å²) in [5.41, 5.74) is 1.03. The van der Waals surface area contributed by atoms with Crippen LogP contribution in [0, 0.1) is 0 Å². The van der Waals surface area contributed by atoms with Gasteiger partial charge in [-0.25, -0.2) is 4.98 Å². The number of rotatable bonds is 4. The van der Waals surface area contributed by atoms with E-state index in [2.05, 4.69) is 10.3 Å². The van der Waals surface area contributed by atoms with Gasteiger partial charge in [0.2, 0.25) is 5.91 Å². The first-order valence-corrected chi connectivity index (χ1v) is 8.69. The number of halogens is 1. The number of nitrogens with zero attached hydrogens (tertiary/aromatic N) is 3. The summed E-state index contributed by atoms with van der Waals surface area (Å²) in [6.45, 7) is 3.14. The summed E-state index contributed by atoms with van der Waals surface area (Å²) in [6, 6.07) is 5.51. The van der Waals surface area contributed by atoms with E-state index in [-0.39, 0.29) is 23.0 Å². The molecule has 0 radical (unpaired) electrons. The summed E-state index contributed by atoms with van der Waals surface area (Å²) in [5.74, 6) is -0.0993. The maximum Gasteiger partial charge on any atom is 0.274 e. The van der Waals surface area contributed by atoms with Gasteiger partial charge < -0.3 is 10.2 Å². The third-order valence-electron chi connectivity index (χ3n) is 4.24. The summed E-state index contributed by atoms with van der Waals surface area (Å²) in [5, 5.41) is 3.22. The number of imidazole rings is 1. The van der Waals surface area contributed by atoms with E-state index >= 15 is 0 Å². The average Bonchev–Trinajstić information content (AvgIpc) is 2.90. The highest BCUT2D eigenvalue weighted by molar-refractivity contribution is 6.32. The maximum absolute atomic E-state index is 12.9. The molecule has 1 aliphatic heterocycles. The van der Waals surface area contributed by atoms with E-state index in [1.165, 1.54) is 0 Å². The fourth-order valence-corrected chi connectivity index (χ4v) is 3.37. The van der Waals surface area contributed by atoms with Crippen LogP contribution in [0.5, 0.6) is 0 Å². The molecule has 2 aromatic heterocycles. The zero-order valence-electron chi connectivity index (χ0n) is 13.7. The van der Waals surface area contributed by atoms with E-state index in [1.54, 1.807) is 15.5 Å². The second-order valence-electron chi connectivity index (χ2n) is 6.09. The highest BCUT2D eigenvalue weighted by atomic mass is 35.5. The van der Waals surface area contributed by atoms with Crippen molar-refractivity contribution in [1.29, 1.82) is 0 Å². The lowest BCUT2D eigenvalue weighted by atomic mass is 10.0. The summed E-state index contributed by atoms with van der Waals surface area (Å²) in [4.78, 5) is 30.7. The van der Waals surface area contributed by atoms with Crippen LogP contribution in [0.15, 0.2) is 24.4 Å². The minimum absolute atomic E-state index is 0.000267. The molecule has 1 N–H and O–H groups in total. The third kappa shape index (κ3) is 3.38. The fraction of sp³-hybridized carbons (Fsp3) is 0.471. The molecule has 1 fully saturated rings. The number of hydrogen-bond acceptors (Lipinski definition) is 3. The van der Waals surface area contributed by atoms with Gasteiger partial charge in [0.25, 0.3) is 5.91 Å². The number of likely N-dealkylation sites (tertiary alicyclic amines) is 1. The van der Waals surface area contributed by atoms with E-state index in [0.29, 0.717) is 30.9 Å². The highest BCUT2D eigenvalue weighted by Crippen LogP contribution is 2.21. The van der Waals surface area contributed by atoms with E-state index < -0.39 is 0 Å². The maximum atomic E-state index is 12.9. The Morgan fingerprint density at radius 2 is 2.25 bits per heavy atom. The number of amides is 2. The van der Waals surface area contributed by atoms with Gasteiger partial charge in [-0.3, -0.25) is 14.0 Å². The van der Waals surface area contributed by atoms with Gasteiger partial charge in [-0.1, -0.05) is 24.6 Å². The van der Waals surface area contributed by atoms with Gasteiger partial charge in [0.15, 0.2) is 10.8 Å². The van der Waals surface area contributed by atoms with Crippen LogP contribution in [-0.4, -0.2) is 45.2 Å². The molecule has 128 valence electrons. The molecule has 6 nitrogen and oxygen atoms in total. The number of aromatic nitrogens is 2. The number of hydrogen-bond donors (Lipinski definition) is 1. The monoisotopic (exact) mass is 348 g/mol. The smallest absolute Gasteiger partial charge is 0.274 e. The summed E-state index contributed by atoms with van der Waals surface area (Å²) >= 11 is 6.19. The van der Waals surface area contributed by atoms with Crippen molar-refractivity contribution in [2.75, 3.05) is 13.1 Å². The Labute approximate surface area is 145 Å². The molecule has 2 amide bonds. The molecule has 1 saturated heterocycles. The van der Waals surface area contributed by atoms with Gasteiger partial charge >= 0.3 is 0 Å². The summed E-state index contributed by atoms with van der Waals surface area (Å²) in [6.07, 6.45) is 4.87. The number of fused-ring (bicyclic) bond motifs is 1. The molecule has 0 aliphatic carbocycles. The lowest BCUT2D eigenvalue weighted by molar-refractivity contribution is -0.122. The molecule has 0 unspecified atom stereocenters. The van der Waals surface area contributed by atoms with Crippen molar-refractivity contribution >= 4 is 29.1 Å². The molecule has 0 spiro atoms. The molecule has 24 heavy (non-hydrogen) atoms. The van der Waals surface area contributed by atoms with E-state index in [4.69, 9.17) is 11.6 Å². The van der Waals surface area contributed by atoms with Gasteiger partial charge in [0, 0.05) is 31.7 Å². The first kappa shape index (κ1) is 16.8. The van der Waals surface area contributed by atoms with E-state index in [0.717, 1.165) is 19.3 Å². The molecule has 1 aliphatic rings. The number of carbonyl (C=O) groups is 2. The van der Waals surface area contributed by atoms with Crippen molar-refractivity contribution in [2.24, 2.45) is 0 Å². The van der Waals surface area contributed by atoms with Crippen molar-refractivity contribution in [3.63, 3.8) is 0 Å². The predicted molar refractivity (Wildman–Crippen MR) is 92.2 cm³/mol. The van der Waals surface area contributed by atoms with Crippen LogP contribution in [0.2, 0.25) is 5.15 Å². The Morgan fingerprint density at radius 3 is 3.04 bits per heavy atom. The quantitative estimate of drug-likeness (QED) is 0.923. The lowest BCUT2D eigenvalue weighted by Gasteiger charge is -2.33. The SMILES string of the molecule is CCCC(=O)N[C@@H]1CCCN(C(=O)c2c(Cl)nc3ccccn23)C1. The Hall–Kier alpha value is -2.08. The van der Waals surface area contributed by atoms with Crippen LogP contribution < -0.4 is 5.32 Å². The minimum Gasteiger partial charge on any atom is -0.352 e. The highest BCUT2D eigenvalue weighted by Gasteiger charge is 2.28. The van der Waals surface area contributed by atoms with Crippen molar-refractivity contribution in [3.05, 3.63) is 35.2 Å². The predicted octanol–water partition coefficient (Wildman–Crippen LogP) is 2.51. The lowest BCUT2D eigenvalue weighted by Crippen LogP contribution is -2.49. The van der Waals surface area contributed by atoms with Crippen LogP contribution in [0.3, 0.4) is 0 Å². The number of nitrogens with one attached hydrogen (secondary N) is 1. The summed E-state index contributed by atoms with van der Waals surface area (Å²) in [7, 11) is 0. The largest absolute Gasteiger partial charge is 0.352 e. The van der Waals surface area contributed by atoms with Crippen LogP contribution >= 0.6 is 11.6 Å². The Balaban J connectivity index is 1.76. The second kappa shape index (κ2) is 7.21. The molecular formula is C17H21ClN4O2. The van der Waals surface area contributed by atoms with Crippen LogP contribution in [0.1, 0.15) is 43.1 Å². The Morgan fingerprint density at radius 1 is 1.42 bits per heavy atom. The topological polar surface area (TPSA) is 66.7 Å². The fourth-order valence-electron chi connectivity index (χ4n) is 3.11. The molecule has 0 saturated carbocycles. The average molecular weight is 349 g/mol. The van der Waals surface area contributed by atoms with Crippen LogP contribution in [0.4, 0.5) is 0 Å². The van der Waals surface area contributed by atoms with Crippen molar-refractivity contribution < 1.29 is 9.59 Å². The van der Waals surface area contributed by atoms with Gasteiger partial charge in [-0.2, -0.15) is 0 Å². The Kier molecular flexibility index (Phi) is 5.04. The molecule has 0 bridgehead atoms. The van der Waals surface area contributed by atoms with Gasteiger partial charge in [-0.15, -0.1) is 0 Å². The minimum atomic E-state index is -0.145. The number of piperidine rings is 1. The zero-order valence-corrected chi connectivity index (χ0v) is 14.4. The van der Waals surface area contributed by atoms with Gasteiger partial charge in [0.05, 0.1) is 0 Å². The van der Waals surface area contributed by atoms with Crippen molar-refractivity contribution in [2.45, 2.75) is 38.6 Å². The van der Waals surface area contributed by atoms with Crippen LogP contribution in [0.25, 0.3) is 5.65 Å². The number of carbonyl (C=O) groups excluding carboxylic acids is 2. The first-order chi connectivity index (χ1) is 11.6. The van der Waals surface area contributed by atoms with Crippen molar-refractivity contribution in [3.8, 4) is 0 Å². The van der Waals surface area contributed by atoms with Gasteiger partial charge in [0.1, 0.15) is 5.65 Å². The number of pyridine rings is 1. The van der Waals surface area contributed by atoms with Crippen molar-refractivity contribution in [1.82, 2.24) is 19.6 Å². The second-order valence-corrected chi connectivity index (χ2v) is 6.45. The molecule has 0 aromatic carbocycles. The first-order valence-electron chi connectivity index (χ1n) is 8.31. The zero-order chi connectivity index (χ0) is 17.1. The molecule has 3 rings (SSSR count). The van der Waals surface area contributed by atoms with E-state index in [1.807, 2.05) is 25.1 Å².